The Morgan fingerprint density at radius 3 is 2.56 bits per heavy atom. The van der Waals surface area contributed by atoms with Gasteiger partial charge in [0.1, 0.15) is 0 Å². The largest absolute Gasteiger partial charge is 0.304 e. The van der Waals surface area contributed by atoms with Crippen LogP contribution in [0.15, 0.2) is 0 Å². The molecule has 0 radical (unpaired) electrons. The summed E-state index contributed by atoms with van der Waals surface area (Å²) in [4.78, 5) is 25.6. The molecule has 1 spiro atoms. The minimum Gasteiger partial charge on any atom is -0.304 e. The van der Waals surface area contributed by atoms with E-state index in [9.17, 15) is 9.59 Å². The number of rotatable bonds is 1. The van der Waals surface area contributed by atoms with Gasteiger partial charge >= 0.3 is 0 Å². The van der Waals surface area contributed by atoms with Crippen molar-refractivity contribution < 1.29 is 9.59 Å². The van der Waals surface area contributed by atoms with E-state index in [-0.39, 0.29) is 23.1 Å². The fourth-order valence-corrected chi connectivity index (χ4v) is 2.97. The highest BCUT2D eigenvalue weighted by molar-refractivity contribution is 5.99. The van der Waals surface area contributed by atoms with Crippen molar-refractivity contribution in [3.8, 4) is 0 Å². The van der Waals surface area contributed by atoms with Crippen molar-refractivity contribution in [2.45, 2.75) is 33.1 Å². The van der Waals surface area contributed by atoms with Crippen LogP contribution in [0.4, 0.5) is 0 Å². The van der Waals surface area contributed by atoms with Gasteiger partial charge in [-0.3, -0.25) is 14.9 Å². The second kappa shape index (κ2) is 4.17. The van der Waals surface area contributed by atoms with E-state index in [1.807, 2.05) is 6.92 Å². The Labute approximate surface area is 96.4 Å². The van der Waals surface area contributed by atoms with E-state index >= 15 is 0 Å². The van der Waals surface area contributed by atoms with E-state index in [4.69, 9.17) is 0 Å². The number of hydrogen-bond donors (Lipinski definition) is 1. The number of carbonyl (C=O) groups is 2. The Kier molecular flexibility index (Phi) is 3.02. The monoisotopic (exact) mass is 224 g/mol. The molecule has 1 unspecified atom stereocenters. The highest BCUT2D eigenvalue weighted by Crippen LogP contribution is 2.43. The molecule has 90 valence electrons. The summed E-state index contributed by atoms with van der Waals surface area (Å²) in [5.74, 6) is -0.196. The van der Waals surface area contributed by atoms with Crippen LogP contribution in [0.2, 0.25) is 0 Å². The van der Waals surface area contributed by atoms with Gasteiger partial charge in [-0.05, 0) is 37.9 Å². The van der Waals surface area contributed by atoms with Gasteiger partial charge in [-0.25, -0.2) is 0 Å². The van der Waals surface area contributed by atoms with Crippen LogP contribution in [-0.4, -0.2) is 36.3 Å². The smallest absolute Gasteiger partial charge is 0.229 e. The molecule has 0 saturated carbocycles. The second-order valence-electron chi connectivity index (χ2n) is 5.11. The van der Waals surface area contributed by atoms with Crippen LogP contribution in [0.3, 0.4) is 0 Å². The summed E-state index contributed by atoms with van der Waals surface area (Å²) in [6.45, 7) is 7.21. The zero-order valence-corrected chi connectivity index (χ0v) is 10.1. The van der Waals surface area contributed by atoms with Crippen LogP contribution in [-0.2, 0) is 9.59 Å². The summed E-state index contributed by atoms with van der Waals surface area (Å²) in [6, 6.07) is 0. The third kappa shape index (κ3) is 1.86. The minimum absolute atomic E-state index is 0.0239. The molecule has 0 aromatic rings. The van der Waals surface area contributed by atoms with Crippen molar-refractivity contribution in [1.82, 2.24) is 10.2 Å². The summed E-state index contributed by atoms with van der Waals surface area (Å²) < 4.78 is 0. The van der Waals surface area contributed by atoms with Crippen molar-refractivity contribution in [2.24, 2.45) is 11.3 Å². The molecule has 2 aliphatic rings. The Morgan fingerprint density at radius 1 is 1.38 bits per heavy atom. The molecule has 2 saturated heterocycles. The molecule has 16 heavy (non-hydrogen) atoms. The number of amides is 2. The topological polar surface area (TPSA) is 49.4 Å². The van der Waals surface area contributed by atoms with E-state index in [0.717, 1.165) is 32.5 Å². The molecular weight excluding hydrogens is 204 g/mol. The lowest BCUT2D eigenvalue weighted by Gasteiger charge is -2.46. The van der Waals surface area contributed by atoms with E-state index in [0.29, 0.717) is 6.42 Å². The first-order valence-electron chi connectivity index (χ1n) is 6.13. The number of piperidine rings is 2. The van der Waals surface area contributed by atoms with Crippen molar-refractivity contribution in [1.29, 1.82) is 0 Å². The molecule has 0 aromatic carbocycles. The first kappa shape index (κ1) is 11.6. The molecular formula is C12H20N2O2. The lowest BCUT2D eigenvalue weighted by molar-refractivity contribution is -0.145. The van der Waals surface area contributed by atoms with Gasteiger partial charge in [0.05, 0.1) is 0 Å². The Bertz CT molecular complexity index is 306. The normalized spacial score (nSPS) is 30.5. The molecule has 0 aromatic heterocycles. The lowest BCUT2D eigenvalue weighted by atomic mass is 9.65. The first-order valence-corrected chi connectivity index (χ1v) is 6.13. The number of imide groups is 1. The molecule has 0 bridgehead atoms. The average Bonchev–Trinajstić information content (AvgIpc) is 2.27. The Balaban J connectivity index is 2.12. The van der Waals surface area contributed by atoms with Gasteiger partial charge in [-0.2, -0.15) is 0 Å². The number of carbonyl (C=O) groups excluding carboxylic acids is 2. The number of likely N-dealkylation sites (tertiary alicyclic amines) is 1. The molecule has 4 nitrogen and oxygen atoms in total. The zero-order valence-electron chi connectivity index (χ0n) is 10.1. The van der Waals surface area contributed by atoms with E-state index in [2.05, 4.69) is 17.1 Å². The summed E-state index contributed by atoms with van der Waals surface area (Å²) in [6.07, 6.45) is 2.47. The molecule has 2 amide bonds. The van der Waals surface area contributed by atoms with Gasteiger partial charge < -0.3 is 4.90 Å². The van der Waals surface area contributed by atoms with E-state index in [1.54, 1.807) is 0 Å². The van der Waals surface area contributed by atoms with Gasteiger partial charge in [0, 0.05) is 12.3 Å². The fourth-order valence-electron chi connectivity index (χ4n) is 2.97. The summed E-state index contributed by atoms with van der Waals surface area (Å²) in [5, 5.41) is 2.43. The molecule has 2 rings (SSSR count). The van der Waals surface area contributed by atoms with Crippen molar-refractivity contribution in [3.05, 3.63) is 0 Å². The summed E-state index contributed by atoms with van der Waals surface area (Å²) >= 11 is 0. The fraction of sp³-hybridized carbons (Fsp3) is 0.833. The van der Waals surface area contributed by atoms with Crippen molar-refractivity contribution >= 4 is 11.8 Å². The maximum atomic E-state index is 11.7. The van der Waals surface area contributed by atoms with Crippen LogP contribution in [0, 0.1) is 11.3 Å². The summed E-state index contributed by atoms with van der Waals surface area (Å²) in [7, 11) is 0. The first-order chi connectivity index (χ1) is 7.57. The van der Waals surface area contributed by atoms with Crippen LogP contribution < -0.4 is 5.32 Å². The summed E-state index contributed by atoms with van der Waals surface area (Å²) in [5.41, 5.74) is -0.0644. The molecule has 1 N–H and O–H groups in total. The second-order valence-corrected chi connectivity index (χ2v) is 5.11. The molecule has 0 aliphatic carbocycles. The van der Waals surface area contributed by atoms with Crippen LogP contribution in [0.1, 0.15) is 33.1 Å². The molecule has 4 heteroatoms. The predicted molar refractivity (Wildman–Crippen MR) is 60.7 cm³/mol. The molecule has 2 fully saturated rings. The maximum absolute atomic E-state index is 11.7. The Morgan fingerprint density at radius 2 is 2.00 bits per heavy atom. The molecule has 1 atom stereocenters. The van der Waals surface area contributed by atoms with Gasteiger partial charge in [-0.1, -0.05) is 13.8 Å². The number of nitrogens with zero attached hydrogens (tertiary/aromatic N) is 1. The third-order valence-electron chi connectivity index (χ3n) is 4.39. The molecule has 2 heterocycles. The van der Waals surface area contributed by atoms with Gasteiger partial charge in [0.25, 0.3) is 0 Å². The highest BCUT2D eigenvalue weighted by atomic mass is 16.2. The molecule has 2 aliphatic heterocycles. The van der Waals surface area contributed by atoms with E-state index < -0.39 is 0 Å². The average molecular weight is 224 g/mol. The Hall–Kier alpha value is -0.900. The maximum Gasteiger partial charge on any atom is 0.229 e. The van der Waals surface area contributed by atoms with E-state index in [1.165, 1.54) is 0 Å². The number of nitrogens with one attached hydrogen (secondary N) is 1. The van der Waals surface area contributed by atoms with Gasteiger partial charge in [0.2, 0.25) is 11.8 Å². The van der Waals surface area contributed by atoms with Gasteiger partial charge in [0.15, 0.2) is 0 Å². The van der Waals surface area contributed by atoms with Crippen LogP contribution in [0.5, 0.6) is 0 Å². The van der Waals surface area contributed by atoms with Crippen molar-refractivity contribution in [2.75, 3.05) is 19.6 Å². The highest BCUT2D eigenvalue weighted by Gasteiger charge is 2.47. The quantitative estimate of drug-likeness (QED) is 0.669. The standard InChI is InChI=1S/C12H20N2O2/c1-3-14-6-4-12(5-7-14)8-10(15)13-11(16)9(12)2/h9H,3-8H2,1-2H3,(H,13,15,16). The number of hydrogen-bond acceptors (Lipinski definition) is 3. The van der Waals surface area contributed by atoms with Crippen molar-refractivity contribution in [3.63, 3.8) is 0 Å². The SMILES string of the molecule is CCN1CCC2(CC1)CC(=O)NC(=O)C2C. The van der Waals surface area contributed by atoms with Crippen LogP contribution in [0.25, 0.3) is 0 Å². The minimum atomic E-state index is -0.0898. The van der Waals surface area contributed by atoms with Crippen LogP contribution >= 0.6 is 0 Å². The van der Waals surface area contributed by atoms with Gasteiger partial charge in [-0.15, -0.1) is 0 Å². The zero-order chi connectivity index (χ0) is 11.8. The lowest BCUT2D eigenvalue weighted by Crippen LogP contribution is -2.55. The third-order valence-corrected chi connectivity index (χ3v) is 4.39. The predicted octanol–water partition coefficient (Wildman–Crippen LogP) is 0.771.